The normalized spacial score (nSPS) is 13.7. The van der Waals surface area contributed by atoms with Gasteiger partial charge in [-0.15, -0.1) is 0 Å². The van der Waals surface area contributed by atoms with Crippen LogP contribution in [0, 0.1) is 0 Å². The van der Waals surface area contributed by atoms with E-state index in [-0.39, 0.29) is 18.2 Å². The lowest BCUT2D eigenvalue weighted by atomic mass is 10.0. The second-order valence-corrected chi connectivity index (χ2v) is 11.3. The molecule has 0 bridgehead atoms. The van der Waals surface area contributed by atoms with Gasteiger partial charge in [-0.2, -0.15) is 0 Å². The standard InChI is InChI=1S/C34H59NO3/c1-3-5-7-9-11-13-15-16-17-18-19-21-23-25-27-29-32(36)35-33(37)30-31(34(35)38)28-26-24-22-20-14-12-10-8-6-4-2/h16-17,30H,3-15,18-29H2,1-2H3. The molecule has 0 saturated heterocycles. The first-order valence-electron chi connectivity index (χ1n) is 16.4. The van der Waals surface area contributed by atoms with Crippen molar-refractivity contribution in [1.82, 2.24) is 4.90 Å². The zero-order valence-corrected chi connectivity index (χ0v) is 25.1. The summed E-state index contributed by atoms with van der Waals surface area (Å²) in [5.74, 6) is -1.13. The van der Waals surface area contributed by atoms with E-state index < -0.39 is 5.91 Å². The number of hydrogen-bond acceptors (Lipinski definition) is 3. The Morgan fingerprint density at radius 3 is 1.53 bits per heavy atom. The molecule has 1 rings (SSSR count). The number of imide groups is 3. The van der Waals surface area contributed by atoms with Crippen LogP contribution in [0.5, 0.6) is 0 Å². The number of unbranched alkanes of at least 4 members (excludes halogenated alkanes) is 20. The van der Waals surface area contributed by atoms with Crippen molar-refractivity contribution in [2.45, 2.75) is 174 Å². The van der Waals surface area contributed by atoms with Crippen LogP contribution in [0.1, 0.15) is 174 Å². The lowest BCUT2D eigenvalue weighted by Gasteiger charge is -2.13. The van der Waals surface area contributed by atoms with E-state index in [4.69, 9.17) is 0 Å². The topological polar surface area (TPSA) is 54.5 Å². The average molecular weight is 530 g/mol. The molecule has 0 spiro atoms. The maximum atomic E-state index is 12.6. The summed E-state index contributed by atoms with van der Waals surface area (Å²) in [4.78, 5) is 38.3. The summed E-state index contributed by atoms with van der Waals surface area (Å²) in [6.45, 7) is 4.50. The van der Waals surface area contributed by atoms with Crippen molar-refractivity contribution in [2.75, 3.05) is 0 Å². The first kappa shape index (κ1) is 34.3. The van der Waals surface area contributed by atoms with E-state index in [0.717, 1.165) is 43.4 Å². The SMILES string of the molecule is CCCCCCCCC=CCCCCCCCC(=O)N1C(=O)C=C(CCCCCCCCCCCC)C1=O. The van der Waals surface area contributed by atoms with Gasteiger partial charge >= 0.3 is 0 Å². The maximum absolute atomic E-state index is 12.6. The zero-order valence-electron chi connectivity index (χ0n) is 25.1. The van der Waals surface area contributed by atoms with Gasteiger partial charge in [-0.3, -0.25) is 14.4 Å². The van der Waals surface area contributed by atoms with Crippen LogP contribution >= 0.6 is 0 Å². The second kappa shape index (κ2) is 24.3. The summed E-state index contributed by atoms with van der Waals surface area (Å²) < 4.78 is 0. The van der Waals surface area contributed by atoms with Gasteiger partial charge in [-0.25, -0.2) is 4.90 Å². The molecule has 0 fully saturated rings. The molecule has 0 aromatic rings. The highest BCUT2D eigenvalue weighted by atomic mass is 16.2. The molecule has 1 aliphatic heterocycles. The molecule has 218 valence electrons. The van der Waals surface area contributed by atoms with Crippen LogP contribution in [0.3, 0.4) is 0 Å². The van der Waals surface area contributed by atoms with Crippen molar-refractivity contribution in [3.63, 3.8) is 0 Å². The fourth-order valence-corrected chi connectivity index (χ4v) is 5.20. The molecule has 0 aliphatic carbocycles. The van der Waals surface area contributed by atoms with Gasteiger partial charge < -0.3 is 0 Å². The summed E-state index contributed by atoms with van der Waals surface area (Å²) in [6.07, 6.45) is 35.0. The van der Waals surface area contributed by atoms with E-state index in [2.05, 4.69) is 26.0 Å². The van der Waals surface area contributed by atoms with Crippen LogP contribution in [0.4, 0.5) is 0 Å². The van der Waals surface area contributed by atoms with Crippen molar-refractivity contribution < 1.29 is 14.4 Å². The zero-order chi connectivity index (χ0) is 27.7. The fourth-order valence-electron chi connectivity index (χ4n) is 5.20. The van der Waals surface area contributed by atoms with Gasteiger partial charge in [-0.1, -0.05) is 135 Å². The van der Waals surface area contributed by atoms with Gasteiger partial charge in [0.05, 0.1) is 0 Å². The predicted octanol–water partition coefficient (Wildman–Crippen LogP) is 10.2. The number of carbonyl (C=O) groups is 3. The molecule has 4 nitrogen and oxygen atoms in total. The molecule has 0 aromatic heterocycles. The molecule has 0 unspecified atom stereocenters. The van der Waals surface area contributed by atoms with Crippen LogP contribution < -0.4 is 0 Å². The third-order valence-corrected chi connectivity index (χ3v) is 7.70. The van der Waals surface area contributed by atoms with Gasteiger partial charge in [0.1, 0.15) is 0 Å². The largest absolute Gasteiger partial charge is 0.274 e. The number of hydrogen-bond donors (Lipinski definition) is 0. The minimum absolute atomic E-state index is 0.287. The minimum Gasteiger partial charge on any atom is -0.274 e. The van der Waals surface area contributed by atoms with Crippen molar-refractivity contribution in [1.29, 1.82) is 0 Å². The van der Waals surface area contributed by atoms with Gasteiger partial charge in [0, 0.05) is 18.1 Å². The summed E-state index contributed by atoms with van der Waals surface area (Å²) in [6, 6.07) is 0. The number of allylic oxidation sites excluding steroid dienone is 2. The average Bonchev–Trinajstić information content (AvgIpc) is 3.19. The Hall–Kier alpha value is -1.71. The maximum Gasteiger partial charge on any atom is 0.263 e. The molecule has 1 heterocycles. The highest BCUT2D eigenvalue weighted by Crippen LogP contribution is 2.21. The number of amides is 3. The molecular weight excluding hydrogens is 470 g/mol. The Morgan fingerprint density at radius 2 is 1.03 bits per heavy atom. The molecular formula is C34H59NO3. The molecule has 0 N–H and O–H groups in total. The fraction of sp³-hybridized carbons (Fsp3) is 0.794. The molecule has 3 amide bonds. The summed E-state index contributed by atoms with van der Waals surface area (Å²) in [5.41, 5.74) is 0.521. The van der Waals surface area contributed by atoms with Crippen molar-refractivity contribution in [3.05, 3.63) is 23.8 Å². The van der Waals surface area contributed by atoms with E-state index in [1.807, 2.05) is 0 Å². The van der Waals surface area contributed by atoms with Gasteiger partial charge in [-0.05, 0) is 44.9 Å². The lowest BCUT2D eigenvalue weighted by Crippen LogP contribution is -2.37. The third kappa shape index (κ3) is 17.0. The van der Waals surface area contributed by atoms with E-state index in [9.17, 15) is 14.4 Å². The molecule has 0 saturated carbocycles. The van der Waals surface area contributed by atoms with Crippen LogP contribution in [-0.4, -0.2) is 22.6 Å². The van der Waals surface area contributed by atoms with Crippen LogP contribution in [0.15, 0.2) is 23.8 Å². The van der Waals surface area contributed by atoms with Gasteiger partial charge in [0.2, 0.25) is 5.91 Å². The van der Waals surface area contributed by atoms with Crippen LogP contribution in [0.2, 0.25) is 0 Å². The summed E-state index contributed by atoms with van der Waals surface area (Å²) in [7, 11) is 0. The van der Waals surface area contributed by atoms with E-state index >= 15 is 0 Å². The van der Waals surface area contributed by atoms with Crippen molar-refractivity contribution >= 4 is 17.7 Å². The highest BCUT2D eigenvalue weighted by molar-refractivity contribution is 6.24. The monoisotopic (exact) mass is 529 g/mol. The first-order chi connectivity index (χ1) is 18.6. The Bertz CT molecular complexity index is 694. The molecule has 1 aliphatic rings. The van der Waals surface area contributed by atoms with Gasteiger partial charge in [0.25, 0.3) is 11.8 Å². The van der Waals surface area contributed by atoms with Crippen molar-refractivity contribution in [2.24, 2.45) is 0 Å². The first-order valence-corrected chi connectivity index (χ1v) is 16.4. The molecule has 0 atom stereocenters. The predicted molar refractivity (Wildman–Crippen MR) is 161 cm³/mol. The Kier molecular flexibility index (Phi) is 22.0. The number of rotatable bonds is 26. The lowest BCUT2D eigenvalue weighted by molar-refractivity contribution is -0.148. The van der Waals surface area contributed by atoms with Crippen LogP contribution in [0.25, 0.3) is 0 Å². The number of carbonyl (C=O) groups excluding carboxylic acids is 3. The Labute approximate surface area is 235 Å². The molecule has 0 radical (unpaired) electrons. The second-order valence-electron chi connectivity index (χ2n) is 11.3. The summed E-state index contributed by atoms with van der Waals surface area (Å²) in [5, 5.41) is 0. The van der Waals surface area contributed by atoms with E-state index in [0.29, 0.717) is 12.0 Å². The molecule has 0 aromatic carbocycles. The van der Waals surface area contributed by atoms with E-state index in [1.54, 1.807) is 0 Å². The van der Waals surface area contributed by atoms with Gasteiger partial charge in [0.15, 0.2) is 0 Å². The van der Waals surface area contributed by atoms with E-state index in [1.165, 1.54) is 115 Å². The molecule has 4 heteroatoms. The Morgan fingerprint density at radius 1 is 0.605 bits per heavy atom. The summed E-state index contributed by atoms with van der Waals surface area (Å²) >= 11 is 0. The quantitative estimate of drug-likeness (QED) is 0.0636. The van der Waals surface area contributed by atoms with Crippen LogP contribution in [-0.2, 0) is 14.4 Å². The molecule has 38 heavy (non-hydrogen) atoms. The highest BCUT2D eigenvalue weighted by Gasteiger charge is 2.34. The third-order valence-electron chi connectivity index (χ3n) is 7.70. The minimum atomic E-state index is -0.435. The van der Waals surface area contributed by atoms with Crippen molar-refractivity contribution in [3.8, 4) is 0 Å². The smallest absolute Gasteiger partial charge is 0.263 e. The Balaban J connectivity index is 2.02. The number of nitrogens with zero attached hydrogens (tertiary/aromatic N) is 1.